The van der Waals surface area contributed by atoms with Crippen molar-refractivity contribution in [2.45, 2.75) is 65.5 Å². The number of benzene rings is 2. The van der Waals surface area contributed by atoms with Gasteiger partial charge in [0, 0.05) is 17.8 Å². The molecule has 2 aromatic carbocycles. The maximum atomic E-state index is 13.0. The number of hydrogen-bond donors (Lipinski definition) is 0. The molecule has 2 heterocycles. The van der Waals surface area contributed by atoms with Crippen molar-refractivity contribution in [1.29, 1.82) is 0 Å². The maximum absolute atomic E-state index is 13.0. The number of nitrogens with zero attached hydrogens (tertiary/aromatic N) is 2. The van der Waals surface area contributed by atoms with Gasteiger partial charge < -0.3 is 4.90 Å². The molecule has 1 saturated heterocycles. The highest BCUT2D eigenvalue weighted by Gasteiger charge is 2.37. The van der Waals surface area contributed by atoms with Crippen LogP contribution in [0.3, 0.4) is 0 Å². The first-order valence-electron chi connectivity index (χ1n) is 11.4. The van der Waals surface area contributed by atoms with Crippen molar-refractivity contribution in [3.63, 3.8) is 0 Å². The minimum atomic E-state index is -0.208. The standard InChI is InChI=1S/C27H32N2O2S/c1-6-13-29-23-12-11-21(14-22(23)19(3)16-27(29,4)5)15-24-25(30)28(26(31)32-24)17-20-9-7-18(2)8-10-20/h7-12,14-15,19H,6,13,16-17H2,1-5H3/b24-15+. The minimum absolute atomic E-state index is 0.128. The second-order valence-corrected chi connectivity index (χ2v) is 10.6. The Balaban J connectivity index is 1.59. The second kappa shape index (κ2) is 8.78. The van der Waals surface area contributed by atoms with Crippen LogP contribution in [-0.4, -0.2) is 28.1 Å². The van der Waals surface area contributed by atoms with Crippen LogP contribution in [0.2, 0.25) is 0 Å². The quantitative estimate of drug-likeness (QED) is 0.475. The van der Waals surface area contributed by atoms with E-state index in [0.29, 0.717) is 17.4 Å². The van der Waals surface area contributed by atoms with Crippen molar-refractivity contribution < 1.29 is 9.59 Å². The summed E-state index contributed by atoms with van der Waals surface area (Å²) in [6, 6.07) is 14.4. The summed E-state index contributed by atoms with van der Waals surface area (Å²) in [4.78, 5) is 29.9. The van der Waals surface area contributed by atoms with E-state index in [1.165, 1.54) is 16.2 Å². The van der Waals surface area contributed by atoms with Gasteiger partial charge in [0.1, 0.15) is 0 Å². The molecule has 5 heteroatoms. The Bertz CT molecular complexity index is 1070. The topological polar surface area (TPSA) is 40.6 Å². The van der Waals surface area contributed by atoms with Gasteiger partial charge in [0.25, 0.3) is 11.1 Å². The van der Waals surface area contributed by atoms with Gasteiger partial charge in [0.2, 0.25) is 0 Å². The lowest BCUT2D eigenvalue weighted by Crippen LogP contribution is -2.48. The molecule has 0 N–H and O–H groups in total. The molecule has 2 aliphatic rings. The Morgan fingerprint density at radius 3 is 2.53 bits per heavy atom. The summed E-state index contributed by atoms with van der Waals surface area (Å²) in [6.45, 7) is 12.5. The molecule has 0 spiro atoms. The molecule has 0 radical (unpaired) electrons. The van der Waals surface area contributed by atoms with E-state index in [9.17, 15) is 9.59 Å². The molecule has 0 aliphatic carbocycles. The molecule has 2 aromatic rings. The van der Waals surface area contributed by atoms with E-state index >= 15 is 0 Å². The van der Waals surface area contributed by atoms with Crippen molar-refractivity contribution in [1.82, 2.24) is 4.90 Å². The fourth-order valence-electron chi connectivity index (χ4n) is 4.91. The molecule has 168 valence electrons. The Morgan fingerprint density at radius 1 is 1.12 bits per heavy atom. The van der Waals surface area contributed by atoms with Crippen LogP contribution >= 0.6 is 11.8 Å². The van der Waals surface area contributed by atoms with Crippen LogP contribution in [0.5, 0.6) is 0 Å². The summed E-state index contributed by atoms with van der Waals surface area (Å²) in [5, 5.41) is -0.205. The molecular formula is C27H32N2O2S. The number of thioether (sulfide) groups is 1. The van der Waals surface area contributed by atoms with Crippen LogP contribution < -0.4 is 4.90 Å². The molecular weight excluding hydrogens is 416 g/mol. The van der Waals surface area contributed by atoms with E-state index in [4.69, 9.17) is 0 Å². The van der Waals surface area contributed by atoms with Crippen LogP contribution in [0.1, 0.15) is 68.7 Å². The van der Waals surface area contributed by atoms with Gasteiger partial charge in [-0.25, -0.2) is 0 Å². The van der Waals surface area contributed by atoms with Crippen LogP contribution in [0.15, 0.2) is 47.4 Å². The zero-order chi connectivity index (χ0) is 23.0. The van der Waals surface area contributed by atoms with Gasteiger partial charge >= 0.3 is 0 Å². The van der Waals surface area contributed by atoms with E-state index in [2.05, 4.69) is 50.8 Å². The highest BCUT2D eigenvalue weighted by molar-refractivity contribution is 8.18. The summed E-state index contributed by atoms with van der Waals surface area (Å²) in [5.41, 5.74) is 5.84. The van der Waals surface area contributed by atoms with Crippen LogP contribution in [0, 0.1) is 6.92 Å². The lowest BCUT2D eigenvalue weighted by molar-refractivity contribution is -0.123. The number of imide groups is 1. The lowest BCUT2D eigenvalue weighted by Gasteiger charge is -2.47. The first-order valence-corrected chi connectivity index (χ1v) is 12.2. The monoisotopic (exact) mass is 448 g/mol. The van der Waals surface area contributed by atoms with Gasteiger partial charge in [-0.15, -0.1) is 0 Å². The number of hydrogen-bond acceptors (Lipinski definition) is 4. The van der Waals surface area contributed by atoms with E-state index in [1.807, 2.05) is 37.3 Å². The van der Waals surface area contributed by atoms with Crippen molar-refractivity contribution in [2.24, 2.45) is 0 Å². The number of carbonyl (C=O) groups is 2. The highest BCUT2D eigenvalue weighted by atomic mass is 32.2. The lowest BCUT2D eigenvalue weighted by atomic mass is 9.79. The summed E-state index contributed by atoms with van der Waals surface area (Å²) in [6.07, 6.45) is 4.07. The van der Waals surface area contributed by atoms with E-state index in [1.54, 1.807) is 0 Å². The summed E-state index contributed by atoms with van der Waals surface area (Å²) < 4.78 is 0. The minimum Gasteiger partial charge on any atom is -0.366 e. The normalized spacial score (nSPS) is 21.4. The third-order valence-electron chi connectivity index (χ3n) is 6.49. The fourth-order valence-corrected chi connectivity index (χ4v) is 5.75. The van der Waals surface area contributed by atoms with E-state index in [0.717, 1.165) is 47.8 Å². The molecule has 0 bridgehead atoms. The summed E-state index contributed by atoms with van der Waals surface area (Å²) >= 11 is 1.03. The fraction of sp³-hybridized carbons (Fsp3) is 0.407. The largest absolute Gasteiger partial charge is 0.366 e. The van der Waals surface area contributed by atoms with Gasteiger partial charge in [-0.1, -0.05) is 49.7 Å². The molecule has 1 fully saturated rings. The molecule has 1 unspecified atom stereocenters. The Labute approximate surface area is 195 Å². The summed E-state index contributed by atoms with van der Waals surface area (Å²) in [5.74, 6) is 0.234. The van der Waals surface area contributed by atoms with Crippen molar-refractivity contribution in [3.05, 3.63) is 69.6 Å². The molecule has 0 saturated carbocycles. The van der Waals surface area contributed by atoms with Gasteiger partial charge in [-0.05, 0) is 86.2 Å². The van der Waals surface area contributed by atoms with Crippen molar-refractivity contribution in [3.8, 4) is 0 Å². The predicted molar refractivity (Wildman–Crippen MR) is 134 cm³/mol. The van der Waals surface area contributed by atoms with Crippen molar-refractivity contribution in [2.75, 3.05) is 11.4 Å². The molecule has 2 amide bonds. The predicted octanol–water partition coefficient (Wildman–Crippen LogP) is 6.73. The van der Waals surface area contributed by atoms with Gasteiger partial charge in [0.05, 0.1) is 11.4 Å². The van der Waals surface area contributed by atoms with Gasteiger partial charge in [-0.3, -0.25) is 14.5 Å². The zero-order valence-electron chi connectivity index (χ0n) is 19.6. The number of rotatable bonds is 5. The average molecular weight is 449 g/mol. The van der Waals surface area contributed by atoms with Crippen molar-refractivity contribution >= 4 is 34.7 Å². The molecule has 4 rings (SSSR count). The molecule has 0 aromatic heterocycles. The molecule has 4 nitrogen and oxygen atoms in total. The maximum Gasteiger partial charge on any atom is 0.293 e. The zero-order valence-corrected chi connectivity index (χ0v) is 20.5. The third kappa shape index (κ3) is 4.36. The van der Waals surface area contributed by atoms with E-state index in [-0.39, 0.29) is 16.7 Å². The van der Waals surface area contributed by atoms with Crippen LogP contribution in [0.25, 0.3) is 6.08 Å². The molecule has 1 atom stereocenters. The first-order chi connectivity index (χ1) is 15.2. The van der Waals surface area contributed by atoms with Gasteiger partial charge in [0.15, 0.2) is 0 Å². The third-order valence-corrected chi connectivity index (χ3v) is 7.40. The van der Waals surface area contributed by atoms with Crippen LogP contribution in [-0.2, 0) is 11.3 Å². The number of amides is 2. The Kier molecular flexibility index (Phi) is 6.22. The molecule has 32 heavy (non-hydrogen) atoms. The summed E-state index contributed by atoms with van der Waals surface area (Å²) in [7, 11) is 0. The number of aryl methyl sites for hydroxylation is 1. The number of fused-ring (bicyclic) bond motifs is 1. The Hall–Kier alpha value is -2.53. The number of carbonyl (C=O) groups excluding carboxylic acids is 2. The highest BCUT2D eigenvalue weighted by Crippen LogP contribution is 2.44. The van der Waals surface area contributed by atoms with Crippen LogP contribution in [0.4, 0.5) is 10.5 Å². The SMILES string of the molecule is CCCN1c2ccc(/C=C3/SC(=O)N(Cc4ccc(C)cc4)C3=O)cc2C(C)CC1(C)C. The first kappa shape index (κ1) is 22.7. The smallest absolute Gasteiger partial charge is 0.293 e. The Morgan fingerprint density at radius 2 is 1.84 bits per heavy atom. The molecule has 2 aliphatic heterocycles. The second-order valence-electron chi connectivity index (χ2n) is 9.64. The average Bonchev–Trinajstić information content (AvgIpc) is 3.00. The van der Waals surface area contributed by atoms with Gasteiger partial charge in [-0.2, -0.15) is 0 Å². The van der Waals surface area contributed by atoms with E-state index < -0.39 is 0 Å². The number of anilines is 1.